The van der Waals surface area contributed by atoms with E-state index in [0.717, 1.165) is 51.6 Å². The lowest BCUT2D eigenvalue weighted by Crippen LogP contribution is -2.42. The molecule has 0 rings (SSSR count). The zero-order valence-corrected chi connectivity index (χ0v) is 17.0. The van der Waals surface area contributed by atoms with E-state index >= 15 is 0 Å². The maximum Gasteiger partial charge on any atom is 0.320 e. The molecule has 0 aliphatic carbocycles. The number of nitrogens with zero attached hydrogens (tertiary/aromatic N) is 3. The van der Waals surface area contributed by atoms with Gasteiger partial charge in [0.05, 0.1) is 0 Å². The summed E-state index contributed by atoms with van der Waals surface area (Å²) in [5, 5.41) is 22.2. The van der Waals surface area contributed by atoms with E-state index in [-0.39, 0.29) is 11.9 Å². The molecule has 27 heavy (non-hydrogen) atoms. The highest BCUT2D eigenvalue weighted by molar-refractivity contribution is 5.80. The third-order valence-corrected chi connectivity index (χ3v) is 4.44. The van der Waals surface area contributed by atoms with Crippen molar-refractivity contribution in [3.05, 3.63) is 0 Å². The molecule has 0 spiro atoms. The number of hydrogen-bond donors (Lipinski definition) is 5. The van der Waals surface area contributed by atoms with Gasteiger partial charge in [0.2, 0.25) is 11.9 Å². The van der Waals surface area contributed by atoms with Gasteiger partial charge in [0.1, 0.15) is 6.04 Å². The number of carboxylic acid groups (broad SMARTS) is 1. The van der Waals surface area contributed by atoms with Crippen molar-refractivity contribution in [1.82, 2.24) is 9.91 Å². The van der Waals surface area contributed by atoms with Crippen LogP contribution in [0.5, 0.6) is 0 Å². The molecule has 1 atom stereocenters. The van der Waals surface area contributed by atoms with Gasteiger partial charge in [0.25, 0.3) is 0 Å². The fourth-order valence-corrected chi connectivity index (χ4v) is 2.98. The number of carbonyl (C=O) groups is 1. The molecular formula is C18H39N7O2. The van der Waals surface area contributed by atoms with E-state index in [0.29, 0.717) is 25.8 Å². The van der Waals surface area contributed by atoms with Gasteiger partial charge in [0, 0.05) is 6.54 Å². The number of rotatable bonds is 16. The van der Waals surface area contributed by atoms with Gasteiger partial charge in [-0.1, -0.05) is 39.5 Å². The molecule has 0 bridgehead atoms. The van der Waals surface area contributed by atoms with Crippen molar-refractivity contribution >= 4 is 17.9 Å². The molecule has 0 amide bonds. The summed E-state index contributed by atoms with van der Waals surface area (Å²) in [5.41, 5.74) is 16.1. The minimum absolute atomic E-state index is 0.161. The van der Waals surface area contributed by atoms with Crippen LogP contribution in [0.2, 0.25) is 0 Å². The van der Waals surface area contributed by atoms with Gasteiger partial charge in [-0.05, 0) is 45.2 Å². The van der Waals surface area contributed by atoms with Crippen LogP contribution in [0, 0.1) is 5.41 Å². The van der Waals surface area contributed by atoms with Crippen LogP contribution in [0.25, 0.3) is 0 Å². The molecule has 0 aromatic heterocycles. The fourth-order valence-electron chi connectivity index (χ4n) is 2.98. The number of unbranched alkanes of at least 4 members (excludes halogenated alkanes) is 5. The molecule has 8 N–H and O–H groups in total. The molecular weight excluding hydrogens is 346 g/mol. The standard InChI is InChI=1S/C18H39N7O2/c1-3-5-8-12-24(13-9-6-4-2)15(16(26)27)11-7-10-14-25(18(21)22)23-17(19)20/h15H,3-14H2,1-2H3,(H3,21,22)(H,26,27)(H4,19,20,23)/t15-/m1/s1. The number of hydrogen-bond acceptors (Lipinski definition) is 4. The van der Waals surface area contributed by atoms with E-state index in [1.807, 2.05) is 0 Å². The highest BCUT2D eigenvalue weighted by Crippen LogP contribution is 2.14. The van der Waals surface area contributed by atoms with Gasteiger partial charge in [-0.3, -0.25) is 15.1 Å². The number of hydrazone groups is 1. The van der Waals surface area contributed by atoms with Crippen molar-refractivity contribution in [1.29, 1.82) is 5.41 Å². The molecule has 9 heteroatoms. The molecule has 0 aromatic rings. The Balaban J connectivity index is 4.68. The van der Waals surface area contributed by atoms with Crippen molar-refractivity contribution in [2.75, 3.05) is 19.6 Å². The van der Waals surface area contributed by atoms with Crippen LogP contribution in [0.15, 0.2) is 5.10 Å². The molecule has 0 aliphatic rings. The predicted octanol–water partition coefficient (Wildman–Crippen LogP) is 1.68. The Morgan fingerprint density at radius 2 is 1.48 bits per heavy atom. The van der Waals surface area contributed by atoms with E-state index < -0.39 is 12.0 Å². The monoisotopic (exact) mass is 385 g/mol. The summed E-state index contributed by atoms with van der Waals surface area (Å²) in [4.78, 5) is 13.9. The average molecular weight is 386 g/mol. The van der Waals surface area contributed by atoms with Crippen LogP contribution < -0.4 is 17.2 Å². The van der Waals surface area contributed by atoms with Crippen LogP contribution in [-0.2, 0) is 4.79 Å². The second-order valence-electron chi connectivity index (χ2n) is 6.83. The van der Waals surface area contributed by atoms with Gasteiger partial charge in [0.15, 0.2) is 0 Å². The molecule has 0 unspecified atom stereocenters. The molecule has 0 fully saturated rings. The highest BCUT2D eigenvalue weighted by atomic mass is 16.4. The topological polar surface area (TPSA) is 158 Å². The van der Waals surface area contributed by atoms with Crippen LogP contribution >= 0.6 is 0 Å². The van der Waals surface area contributed by atoms with E-state index in [9.17, 15) is 9.90 Å². The van der Waals surface area contributed by atoms with Crippen molar-refractivity contribution in [2.45, 2.75) is 77.7 Å². The van der Waals surface area contributed by atoms with Crippen LogP contribution in [-0.4, -0.2) is 58.6 Å². The minimum Gasteiger partial charge on any atom is -0.480 e. The summed E-state index contributed by atoms with van der Waals surface area (Å²) >= 11 is 0. The molecule has 0 saturated carbocycles. The van der Waals surface area contributed by atoms with E-state index in [2.05, 4.69) is 23.8 Å². The Bertz CT molecular complexity index is 443. The maximum absolute atomic E-state index is 11.8. The zero-order chi connectivity index (χ0) is 20.7. The van der Waals surface area contributed by atoms with Gasteiger partial charge in [-0.25, -0.2) is 5.01 Å². The predicted molar refractivity (Wildman–Crippen MR) is 110 cm³/mol. The molecule has 0 saturated heterocycles. The van der Waals surface area contributed by atoms with E-state index in [1.54, 1.807) is 0 Å². The molecule has 158 valence electrons. The summed E-state index contributed by atoms with van der Waals surface area (Å²) in [5.74, 6) is -1.17. The molecule has 0 heterocycles. The normalized spacial score (nSPS) is 12.0. The first-order valence-electron chi connectivity index (χ1n) is 10.0. The summed E-state index contributed by atoms with van der Waals surface area (Å²) in [7, 11) is 0. The lowest BCUT2D eigenvalue weighted by atomic mass is 10.1. The number of carboxylic acids is 1. The Morgan fingerprint density at radius 1 is 0.963 bits per heavy atom. The second-order valence-corrected chi connectivity index (χ2v) is 6.83. The van der Waals surface area contributed by atoms with Crippen molar-refractivity contribution in [3.8, 4) is 0 Å². The SMILES string of the molecule is CCCCCN(CCCCC)[C@H](CCCCN(N=C(N)N)C(=N)N)C(=O)O. The highest BCUT2D eigenvalue weighted by Gasteiger charge is 2.24. The first kappa shape index (κ1) is 25.0. The minimum atomic E-state index is -0.768. The Hall–Kier alpha value is -2.03. The summed E-state index contributed by atoms with van der Waals surface area (Å²) in [6.45, 7) is 6.32. The summed E-state index contributed by atoms with van der Waals surface area (Å²) < 4.78 is 0. The molecule has 0 aliphatic heterocycles. The Labute approximate surface area is 163 Å². The van der Waals surface area contributed by atoms with Gasteiger partial charge in [-0.15, -0.1) is 5.10 Å². The molecule has 0 radical (unpaired) electrons. The first-order valence-corrected chi connectivity index (χ1v) is 10.0. The van der Waals surface area contributed by atoms with Crippen molar-refractivity contribution in [2.24, 2.45) is 22.3 Å². The summed E-state index contributed by atoms with van der Waals surface area (Å²) in [6.07, 6.45) is 8.41. The zero-order valence-electron chi connectivity index (χ0n) is 17.0. The van der Waals surface area contributed by atoms with Crippen molar-refractivity contribution < 1.29 is 9.90 Å². The number of nitrogens with two attached hydrogens (primary N) is 3. The second kappa shape index (κ2) is 15.1. The maximum atomic E-state index is 11.8. The van der Waals surface area contributed by atoms with Crippen LogP contribution in [0.3, 0.4) is 0 Å². The quantitative estimate of drug-likeness (QED) is 0.117. The Morgan fingerprint density at radius 3 is 1.89 bits per heavy atom. The molecule has 9 nitrogen and oxygen atoms in total. The lowest BCUT2D eigenvalue weighted by molar-refractivity contribution is -0.143. The fraction of sp³-hybridized carbons (Fsp3) is 0.833. The number of guanidine groups is 2. The number of aliphatic carboxylic acids is 1. The number of nitrogens with one attached hydrogen (secondary N) is 1. The third kappa shape index (κ3) is 12.1. The van der Waals surface area contributed by atoms with Gasteiger partial charge < -0.3 is 22.3 Å². The van der Waals surface area contributed by atoms with Crippen molar-refractivity contribution in [3.63, 3.8) is 0 Å². The summed E-state index contributed by atoms with van der Waals surface area (Å²) in [6, 6.07) is -0.479. The van der Waals surface area contributed by atoms with E-state index in [4.69, 9.17) is 22.6 Å². The smallest absolute Gasteiger partial charge is 0.320 e. The third-order valence-electron chi connectivity index (χ3n) is 4.44. The van der Waals surface area contributed by atoms with Gasteiger partial charge >= 0.3 is 5.97 Å². The lowest BCUT2D eigenvalue weighted by Gasteiger charge is -2.29. The first-order chi connectivity index (χ1) is 12.8. The molecule has 0 aromatic carbocycles. The van der Waals surface area contributed by atoms with Gasteiger partial charge in [-0.2, -0.15) is 0 Å². The largest absolute Gasteiger partial charge is 0.480 e. The van der Waals surface area contributed by atoms with E-state index in [1.165, 1.54) is 5.01 Å². The van der Waals surface area contributed by atoms with Crippen LogP contribution in [0.4, 0.5) is 0 Å². The average Bonchev–Trinajstić information content (AvgIpc) is 2.59. The Kier molecular flexibility index (Phi) is 13.9. The van der Waals surface area contributed by atoms with Crippen LogP contribution in [0.1, 0.15) is 71.6 Å².